The molecule has 4 heteroatoms. The SMILES string of the molecule is Cc1nn(-c2ccc(C(=O)O)c3ccccc23)c(C)c1C. The van der Waals surface area contributed by atoms with Crippen LogP contribution in [0.1, 0.15) is 27.3 Å². The maximum absolute atomic E-state index is 11.4. The van der Waals surface area contributed by atoms with E-state index in [9.17, 15) is 9.90 Å². The van der Waals surface area contributed by atoms with Crippen LogP contribution in [0.5, 0.6) is 0 Å². The largest absolute Gasteiger partial charge is 0.478 e. The van der Waals surface area contributed by atoms with Crippen LogP contribution >= 0.6 is 0 Å². The minimum Gasteiger partial charge on any atom is -0.478 e. The van der Waals surface area contributed by atoms with Gasteiger partial charge in [0.1, 0.15) is 0 Å². The van der Waals surface area contributed by atoms with Gasteiger partial charge in [0.2, 0.25) is 0 Å². The van der Waals surface area contributed by atoms with E-state index >= 15 is 0 Å². The maximum Gasteiger partial charge on any atom is 0.336 e. The molecule has 0 radical (unpaired) electrons. The van der Waals surface area contributed by atoms with E-state index in [0.29, 0.717) is 5.56 Å². The summed E-state index contributed by atoms with van der Waals surface area (Å²) in [6, 6.07) is 11.0. The highest BCUT2D eigenvalue weighted by Crippen LogP contribution is 2.27. The minimum absolute atomic E-state index is 0.313. The molecule has 0 saturated heterocycles. The highest BCUT2D eigenvalue weighted by molar-refractivity contribution is 6.06. The van der Waals surface area contributed by atoms with E-state index in [4.69, 9.17) is 0 Å². The lowest BCUT2D eigenvalue weighted by molar-refractivity contribution is 0.0699. The average molecular weight is 280 g/mol. The van der Waals surface area contributed by atoms with E-state index in [0.717, 1.165) is 33.4 Å². The molecule has 0 bridgehead atoms. The summed E-state index contributed by atoms with van der Waals surface area (Å²) in [6.07, 6.45) is 0. The van der Waals surface area contributed by atoms with Gasteiger partial charge < -0.3 is 5.11 Å². The Bertz CT molecular complexity index is 863. The van der Waals surface area contributed by atoms with Crippen molar-refractivity contribution in [3.8, 4) is 5.69 Å². The monoisotopic (exact) mass is 280 g/mol. The fraction of sp³-hybridized carbons (Fsp3) is 0.176. The second-order valence-corrected chi connectivity index (χ2v) is 5.19. The standard InChI is InChI=1S/C17H16N2O2/c1-10-11(2)18-19(12(10)3)16-9-8-15(17(20)21)13-6-4-5-7-14(13)16/h4-9H,1-3H3,(H,20,21). The van der Waals surface area contributed by atoms with Crippen molar-refractivity contribution in [2.75, 3.05) is 0 Å². The second-order valence-electron chi connectivity index (χ2n) is 5.19. The zero-order valence-electron chi connectivity index (χ0n) is 12.2. The third-order valence-corrected chi connectivity index (χ3v) is 4.01. The number of carbonyl (C=O) groups is 1. The number of aromatic carboxylic acids is 1. The molecule has 1 aromatic heterocycles. The summed E-state index contributed by atoms with van der Waals surface area (Å²) >= 11 is 0. The lowest BCUT2D eigenvalue weighted by atomic mass is 10.0. The minimum atomic E-state index is -0.915. The van der Waals surface area contributed by atoms with E-state index in [1.165, 1.54) is 0 Å². The highest BCUT2D eigenvalue weighted by atomic mass is 16.4. The van der Waals surface area contributed by atoms with Gasteiger partial charge in [-0.2, -0.15) is 5.10 Å². The lowest BCUT2D eigenvalue weighted by Crippen LogP contribution is -2.03. The molecule has 2 aromatic carbocycles. The highest BCUT2D eigenvalue weighted by Gasteiger charge is 2.15. The molecule has 3 aromatic rings. The summed E-state index contributed by atoms with van der Waals surface area (Å²) in [4.78, 5) is 11.4. The van der Waals surface area contributed by atoms with Crippen LogP contribution < -0.4 is 0 Å². The summed E-state index contributed by atoms with van der Waals surface area (Å²) in [6.45, 7) is 6.05. The van der Waals surface area contributed by atoms with Crippen LogP contribution in [0.25, 0.3) is 16.5 Å². The molecule has 106 valence electrons. The van der Waals surface area contributed by atoms with Gasteiger partial charge in [-0.3, -0.25) is 0 Å². The van der Waals surface area contributed by atoms with Crippen LogP contribution in [0.15, 0.2) is 36.4 Å². The number of rotatable bonds is 2. The smallest absolute Gasteiger partial charge is 0.336 e. The van der Waals surface area contributed by atoms with Gasteiger partial charge in [-0.25, -0.2) is 9.48 Å². The van der Waals surface area contributed by atoms with Crippen LogP contribution in [0.4, 0.5) is 0 Å². The third-order valence-electron chi connectivity index (χ3n) is 4.01. The molecule has 0 aliphatic rings. The molecule has 0 amide bonds. The summed E-state index contributed by atoms with van der Waals surface area (Å²) in [5, 5.41) is 15.5. The molecule has 0 fully saturated rings. The van der Waals surface area contributed by atoms with Gasteiger partial charge in [-0.15, -0.1) is 0 Å². The Kier molecular flexibility index (Phi) is 3.01. The number of hydrogen-bond acceptors (Lipinski definition) is 2. The predicted octanol–water partition coefficient (Wildman–Crippen LogP) is 3.65. The first-order valence-electron chi connectivity index (χ1n) is 6.79. The molecule has 21 heavy (non-hydrogen) atoms. The molecule has 3 rings (SSSR count). The number of carboxylic acids is 1. The molecule has 0 aliphatic carbocycles. The molecule has 4 nitrogen and oxygen atoms in total. The third kappa shape index (κ3) is 2.00. The molecule has 0 atom stereocenters. The fourth-order valence-corrected chi connectivity index (χ4v) is 2.61. The van der Waals surface area contributed by atoms with E-state index in [-0.39, 0.29) is 0 Å². The number of aromatic nitrogens is 2. The number of carboxylic acid groups (broad SMARTS) is 1. The summed E-state index contributed by atoms with van der Waals surface area (Å²) < 4.78 is 1.89. The summed E-state index contributed by atoms with van der Waals surface area (Å²) in [5.74, 6) is -0.915. The van der Waals surface area contributed by atoms with E-state index in [2.05, 4.69) is 5.10 Å². The molecule has 0 aliphatic heterocycles. The van der Waals surface area contributed by atoms with E-state index in [1.807, 2.05) is 55.8 Å². The number of aryl methyl sites for hydroxylation is 1. The van der Waals surface area contributed by atoms with Crippen LogP contribution in [-0.4, -0.2) is 20.9 Å². The van der Waals surface area contributed by atoms with Gasteiger partial charge >= 0.3 is 5.97 Å². The first kappa shape index (κ1) is 13.4. The molecule has 0 saturated carbocycles. The first-order valence-corrected chi connectivity index (χ1v) is 6.79. The number of fused-ring (bicyclic) bond motifs is 1. The van der Waals surface area contributed by atoms with Gasteiger partial charge in [-0.05, 0) is 43.9 Å². The Hall–Kier alpha value is -2.62. The van der Waals surface area contributed by atoms with Gasteiger partial charge in [-0.1, -0.05) is 24.3 Å². The van der Waals surface area contributed by atoms with Crippen LogP contribution in [0.2, 0.25) is 0 Å². The predicted molar refractivity (Wildman–Crippen MR) is 82.2 cm³/mol. The van der Waals surface area contributed by atoms with Crippen molar-refractivity contribution in [2.45, 2.75) is 20.8 Å². The first-order chi connectivity index (χ1) is 10.0. The number of hydrogen-bond donors (Lipinski definition) is 1. The average Bonchev–Trinajstić information content (AvgIpc) is 2.73. The van der Waals surface area contributed by atoms with Crippen molar-refractivity contribution < 1.29 is 9.90 Å². The quantitative estimate of drug-likeness (QED) is 0.779. The Morgan fingerprint density at radius 3 is 2.29 bits per heavy atom. The normalized spacial score (nSPS) is 11.0. The zero-order chi connectivity index (χ0) is 15.1. The van der Waals surface area contributed by atoms with Crippen molar-refractivity contribution >= 4 is 16.7 Å². The van der Waals surface area contributed by atoms with Crippen molar-refractivity contribution in [1.29, 1.82) is 0 Å². The molecule has 0 spiro atoms. The number of nitrogens with zero attached hydrogens (tertiary/aromatic N) is 2. The van der Waals surface area contributed by atoms with E-state index in [1.54, 1.807) is 6.07 Å². The molecule has 1 N–H and O–H groups in total. The van der Waals surface area contributed by atoms with E-state index < -0.39 is 5.97 Å². The topological polar surface area (TPSA) is 55.1 Å². The molecule has 0 unspecified atom stereocenters. The Labute approximate surface area is 122 Å². The maximum atomic E-state index is 11.4. The van der Waals surface area contributed by atoms with Gasteiger partial charge in [0, 0.05) is 11.1 Å². The number of benzene rings is 2. The summed E-state index contributed by atoms with van der Waals surface area (Å²) in [7, 11) is 0. The van der Waals surface area contributed by atoms with Crippen molar-refractivity contribution in [3.63, 3.8) is 0 Å². The molecule has 1 heterocycles. The van der Waals surface area contributed by atoms with Crippen LogP contribution in [-0.2, 0) is 0 Å². The Morgan fingerprint density at radius 1 is 1.05 bits per heavy atom. The van der Waals surface area contributed by atoms with Crippen LogP contribution in [0.3, 0.4) is 0 Å². The second kappa shape index (κ2) is 4.74. The van der Waals surface area contributed by atoms with Crippen molar-refractivity contribution in [3.05, 3.63) is 58.9 Å². The van der Waals surface area contributed by atoms with Crippen molar-refractivity contribution in [1.82, 2.24) is 9.78 Å². The Balaban J connectivity index is 2.37. The summed E-state index contributed by atoms with van der Waals surface area (Å²) in [5.41, 5.74) is 4.43. The van der Waals surface area contributed by atoms with Crippen LogP contribution in [0, 0.1) is 20.8 Å². The van der Waals surface area contributed by atoms with Crippen molar-refractivity contribution in [2.24, 2.45) is 0 Å². The van der Waals surface area contributed by atoms with Gasteiger partial charge in [0.15, 0.2) is 0 Å². The molecular formula is C17H16N2O2. The van der Waals surface area contributed by atoms with Gasteiger partial charge in [0.25, 0.3) is 0 Å². The lowest BCUT2D eigenvalue weighted by Gasteiger charge is -2.11. The molecular weight excluding hydrogens is 264 g/mol. The fourth-order valence-electron chi connectivity index (χ4n) is 2.61. The van der Waals surface area contributed by atoms with Gasteiger partial charge in [0.05, 0.1) is 16.9 Å². The Morgan fingerprint density at radius 2 is 1.71 bits per heavy atom. The zero-order valence-corrected chi connectivity index (χ0v) is 12.2.